The number of nitrogens with one attached hydrogen (secondary N) is 2. The lowest BCUT2D eigenvalue weighted by molar-refractivity contribution is -0.142. The normalized spacial score (nSPS) is 13.5. The number of carbonyl (C=O) groups excluding carboxylic acids is 2. The molecule has 0 aliphatic heterocycles. The molecule has 9 heteroatoms. The Morgan fingerprint density at radius 1 is 0.824 bits per heavy atom. The number of amides is 2. The summed E-state index contributed by atoms with van der Waals surface area (Å²) in [5.41, 5.74) is 13.3. The molecule has 2 aromatic rings. The summed E-state index contributed by atoms with van der Waals surface area (Å²) in [4.78, 5) is 37.4. The third-order valence-electron chi connectivity index (χ3n) is 5.49. The zero-order valence-corrected chi connectivity index (χ0v) is 19.2. The van der Waals surface area contributed by atoms with Gasteiger partial charge < -0.3 is 32.3 Å². The van der Waals surface area contributed by atoms with Gasteiger partial charge in [0.15, 0.2) is 0 Å². The van der Waals surface area contributed by atoms with Crippen molar-refractivity contribution in [3.8, 4) is 5.75 Å². The fourth-order valence-electron chi connectivity index (χ4n) is 3.50. The van der Waals surface area contributed by atoms with Crippen molar-refractivity contribution in [1.29, 1.82) is 0 Å². The zero-order valence-electron chi connectivity index (χ0n) is 19.2. The maximum atomic E-state index is 13.0. The number of hydrogen-bond donors (Lipinski definition) is 6. The van der Waals surface area contributed by atoms with Crippen LogP contribution in [-0.4, -0.2) is 52.7 Å². The van der Waals surface area contributed by atoms with E-state index in [1.54, 1.807) is 12.1 Å². The Hall–Kier alpha value is -3.43. The molecule has 0 radical (unpaired) electrons. The van der Waals surface area contributed by atoms with Crippen molar-refractivity contribution in [2.24, 2.45) is 11.5 Å². The van der Waals surface area contributed by atoms with Gasteiger partial charge in [0, 0.05) is 0 Å². The number of carboxylic acid groups (broad SMARTS) is 1. The second-order valence-corrected chi connectivity index (χ2v) is 8.25. The molecule has 8 N–H and O–H groups in total. The van der Waals surface area contributed by atoms with Gasteiger partial charge in [-0.25, -0.2) is 4.79 Å². The van der Waals surface area contributed by atoms with Gasteiger partial charge in [0.25, 0.3) is 0 Å². The molecule has 0 heterocycles. The van der Waals surface area contributed by atoms with Gasteiger partial charge >= 0.3 is 5.97 Å². The Morgan fingerprint density at radius 2 is 1.47 bits per heavy atom. The monoisotopic (exact) mass is 470 g/mol. The predicted octanol–water partition coefficient (Wildman–Crippen LogP) is 1.08. The smallest absolute Gasteiger partial charge is 0.326 e. The van der Waals surface area contributed by atoms with Crippen molar-refractivity contribution in [1.82, 2.24) is 10.6 Å². The van der Waals surface area contributed by atoms with Gasteiger partial charge in [-0.2, -0.15) is 0 Å². The molecule has 2 rings (SSSR count). The molecule has 184 valence electrons. The lowest BCUT2D eigenvalue weighted by atomic mass is 10.0. The van der Waals surface area contributed by atoms with E-state index in [0.717, 1.165) is 11.1 Å². The number of carbonyl (C=O) groups is 3. The van der Waals surface area contributed by atoms with Crippen molar-refractivity contribution in [3.05, 3.63) is 65.7 Å². The molecule has 9 nitrogen and oxygen atoms in total. The number of aliphatic carboxylic acids is 1. The molecule has 0 saturated carbocycles. The largest absolute Gasteiger partial charge is 0.508 e. The fourth-order valence-corrected chi connectivity index (χ4v) is 3.50. The van der Waals surface area contributed by atoms with E-state index in [2.05, 4.69) is 10.6 Å². The Morgan fingerprint density at radius 3 is 2.09 bits per heavy atom. The second kappa shape index (κ2) is 14.0. The molecular formula is C25H34N4O5. The fraction of sp³-hybridized carbons (Fsp3) is 0.400. The summed E-state index contributed by atoms with van der Waals surface area (Å²) in [5, 5.41) is 24.2. The third kappa shape index (κ3) is 9.21. The van der Waals surface area contributed by atoms with Crippen LogP contribution in [0.4, 0.5) is 0 Å². The maximum absolute atomic E-state index is 13.0. The third-order valence-corrected chi connectivity index (χ3v) is 5.49. The zero-order chi connectivity index (χ0) is 24.9. The number of rotatable bonds is 14. The number of aryl methyl sites for hydroxylation is 1. The summed E-state index contributed by atoms with van der Waals surface area (Å²) < 4.78 is 0. The molecule has 0 fully saturated rings. The van der Waals surface area contributed by atoms with Crippen LogP contribution in [0.2, 0.25) is 0 Å². The summed E-state index contributed by atoms with van der Waals surface area (Å²) in [6.07, 6.45) is 2.41. The lowest BCUT2D eigenvalue weighted by Gasteiger charge is -2.23. The molecule has 0 aromatic heterocycles. The van der Waals surface area contributed by atoms with E-state index < -0.39 is 35.9 Å². The first-order chi connectivity index (χ1) is 16.3. The molecule has 0 spiro atoms. The summed E-state index contributed by atoms with van der Waals surface area (Å²) in [6, 6.07) is 12.9. The van der Waals surface area contributed by atoms with Crippen molar-refractivity contribution >= 4 is 17.8 Å². The van der Waals surface area contributed by atoms with Crippen LogP contribution in [0.15, 0.2) is 54.6 Å². The topological polar surface area (TPSA) is 168 Å². The van der Waals surface area contributed by atoms with Crippen molar-refractivity contribution in [3.63, 3.8) is 0 Å². The number of unbranched alkanes of at least 4 members (excludes halogenated alkanes) is 1. The molecule has 0 saturated heterocycles. The Balaban J connectivity index is 2.08. The van der Waals surface area contributed by atoms with Crippen LogP contribution in [-0.2, 0) is 27.2 Å². The average molecular weight is 471 g/mol. The van der Waals surface area contributed by atoms with Gasteiger partial charge in [-0.15, -0.1) is 0 Å². The highest BCUT2D eigenvalue weighted by molar-refractivity contribution is 5.91. The van der Waals surface area contributed by atoms with Crippen molar-refractivity contribution < 1.29 is 24.6 Å². The second-order valence-electron chi connectivity index (χ2n) is 8.25. The van der Waals surface area contributed by atoms with Gasteiger partial charge in [-0.3, -0.25) is 9.59 Å². The molecular weight excluding hydrogens is 436 g/mol. The highest BCUT2D eigenvalue weighted by Gasteiger charge is 2.27. The van der Waals surface area contributed by atoms with E-state index in [0.29, 0.717) is 32.2 Å². The standard InChI is InChI=1S/C25H34N4O5/c26-15-5-4-8-22(25(33)34)29-24(32)21(14-11-17-9-12-19(30)13-10-17)28-23(31)20(27)16-18-6-2-1-3-7-18/h1-3,6-7,9-10,12-13,20-22,30H,4-5,8,11,14-16,26-27H2,(H,28,31)(H,29,32)(H,33,34)/t20-,21-,22-/m0/s1. The minimum atomic E-state index is -1.14. The van der Waals surface area contributed by atoms with Gasteiger partial charge in [0.1, 0.15) is 17.8 Å². The number of aromatic hydroxyl groups is 1. The minimum Gasteiger partial charge on any atom is -0.508 e. The van der Waals surface area contributed by atoms with E-state index in [1.807, 2.05) is 30.3 Å². The van der Waals surface area contributed by atoms with Crippen LogP contribution < -0.4 is 22.1 Å². The molecule has 2 aromatic carbocycles. The van der Waals surface area contributed by atoms with E-state index in [1.165, 1.54) is 12.1 Å². The summed E-state index contributed by atoms with van der Waals surface area (Å²) in [6.45, 7) is 0.435. The predicted molar refractivity (Wildman–Crippen MR) is 129 cm³/mol. The molecule has 0 bridgehead atoms. The SMILES string of the molecule is NCCCC[C@H](NC(=O)[C@H](CCc1ccc(O)cc1)NC(=O)[C@@H](N)Cc1ccccc1)C(=O)O. The van der Waals surface area contributed by atoms with Gasteiger partial charge in [-0.05, 0) is 68.3 Å². The molecule has 34 heavy (non-hydrogen) atoms. The van der Waals surface area contributed by atoms with Crippen molar-refractivity contribution in [2.75, 3.05) is 6.54 Å². The summed E-state index contributed by atoms with van der Waals surface area (Å²) in [5.74, 6) is -2.10. The quantitative estimate of drug-likeness (QED) is 0.225. The van der Waals surface area contributed by atoms with E-state index >= 15 is 0 Å². The summed E-state index contributed by atoms with van der Waals surface area (Å²) >= 11 is 0. The molecule has 0 unspecified atom stereocenters. The number of phenols is 1. The average Bonchev–Trinajstić information content (AvgIpc) is 2.82. The molecule has 2 amide bonds. The molecule has 0 aliphatic carbocycles. The molecule has 0 aliphatic rings. The van der Waals surface area contributed by atoms with Crippen LogP contribution in [0.1, 0.15) is 36.8 Å². The first kappa shape index (κ1) is 26.8. The van der Waals surface area contributed by atoms with E-state index in [9.17, 15) is 24.6 Å². The van der Waals surface area contributed by atoms with Gasteiger partial charge in [0.2, 0.25) is 11.8 Å². The number of hydrogen-bond acceptors (Lipinski definition) is 6. The van der Waals surface area contributed by atoms with Crippen LogP contribution in [0.25, 0.3) is 0 Å². The summed E-state index contributed by atoms with van der Waals surface area (Å²) in [7, 11) is 0. The number of phenolic OH excluding ortho intramolecular Hbond substituents is 1. The highest BCUT2D eigenvalue weighted by atomic mass is 16.4. The van der Waals surface area contributed by atoms with E-state index in [-0.39, 0.29) is 18.6 Å². The van der Waals surface area contributed by atoms with Crippen molar-refractivity contribution in [2.45, 2.75) is 56.7 Å². The van der Waals surface area contributed by atoms with Crippen LogP contribution in [0.3, 0.4) is 0 Å². The minimum absolute atomic E-state index is 0.125. The maximum Gasteiger partial charge on any atom is 0.326 e. The Labute approximate surface area is 199 Å². The first-order valence-electron chi connectivity index (χ1n) is 11.4. The molecule has 3 atom stereocenters. The van der Waals surface area contributed by atoms with Crippen LogP contribution >= 0.6 is 0 Å². The number of benzene rings is 2. The van der Waals surface area contributed by atoms with Crippen LogP contribution in [0.5, 0.6) is 5.75 Å². The van der Waals surface area contributed by atoms with Crippen LogP contribution in [0, 0.1) is 0 Å². The Bertz CT molecular complexity index is 921. The van der Waals surface area contributed by atoms with Gasteiger partial charge in [0.05, 0.1) is 6.04 Å². The van der Waals surface area contributed by atoms with Gasteiger partial charge in [-0.1, -0.05) is 42.5 Å². The Kier molecular flexibility index (Phi) is 11.0. The lowest BCUT2D eigenvalue weighted by Crippen LogP contribution is -2.54. The van der Waals surface area contributed by atoms with E-state index in [4.69, 9.17) is 11.5 Å². The number of carboxylic acids is 1. The highest BCUT2D eigenvalue weighted by Crippen LogP contribution is 2.13. The number of nitrogens with two attached hydrogens (primary N) is 2. The first-order valence-corrected chi connectivity index (χ1v) is 11.4.